The molecule has 0 saturated carbocycles. The fourth-order valence-electron chi connectivity index (χ4n) is 2.92. The second kappa shape index (κ2) is 6.63. The number of methoxy groups -OCH3 is 1. The van der Waals surface area contributed by atoms with Gasteiger partial charge in [-0.15, -0.1) is 0 Å². The highest BCUT2D eigenvalue weighted by atomic mass is 19.1. The molecule has 0 spiro atoms. The smallest absolute Gasteiger partial charge is 0.123 e. The van der Waals surface area contributed by atoms with Crippen molar-refractivity contribution in [3.8, 4) is 0 Å². The summed E-state index contributed by atoms with van der Waals surface area (Å²) in [5.74, 6) is 5.54. The van der Waals surface area contributed by atoms with Crippen LogP contribution in [0.25, 0.3) is 0 Å². The molecule has 0 amide bonds. The highest BCUT2D eigenvalue weighted by Crippen LogP contribution is 2.30. The van der Waals surface area contributed by atoms with Crippen LogP contribution in [-0.2, 0) is 15.9 Å². The van der Waals surface area contributed by atoms with Gasteiger partial charge in [-0.25, -0.2) is 4.39 Å². The number of rotatable bonds is 5. The van der Waals surface area contributed by atoms with Crippen molar-refractivity contribution in [2.24, 2.45) is 5.84 Å². The van der Waals surface area contributed by atoms with Crippen LogP contribution in [0.3, 0.4) is 0 Å². The molecule has 1 heterocycles. The van der Waals surface area contributed by atoms with Crippen LogP contribution in [0.1, 0.15) is 24.0 Å². The minimum Gasteiger partial charge on any atom is -0.381 e. The van der Waals surface area contributed by atoms with Crippen LogP contribution in [0.15, 0.2) is 18.2 Å². The third kappa shape index (κ3) is 3.17. The zero-order valence-corrected chi connectivity index (χ0v) is 12.1. The molecule has 1 aliphatic heterocycles. The molecule has 1 atom stereocenters. The molecule has 0 aromatic heterocycles. The first-order chi connectivity index (χ1) is 9.61. The summed E-state index contributed by atoms with van der Waals surface area (Å²) in [7, 11) is 1.72. The molecule has 4 nitrogen and oxygen atoms in total. The summed E-state index contributed by atoms with van der Waals surface area (Å²) < 4.78 is 24.4. The normalized spacial score (nSPS) is 19.8. The van der Waals surface area contributed by atoms with E-state index in [2.05, 4.69) is 5.43 Å². The van der Waals surface area contributed by atoms with Gasteiger partial charge in [0.25, 0.3) is 0 Å². The maximum absolute atomic E-state index is 13.2. The highest BCUT2D eigenvalue weighted by Gasteiger charge is 2.40. The maximum atomic E-state index is 13.2. The largest absolute Gasteiger partial charge is 0.381 e. The van der Waals surface area contributed by atoms with Gasteiger partial charge in [-0.05, 0) is 36.6 Å². The fourth-order valence-corrected chi connectivity index (χ4v) is 2.92. The summed E-state index contributed by atoms with van der Waals surface area (Å²) in [6.07, 6.45) is 2.31. The zero-order valence-electron chi connectivity index (χ0n) is 12.1. The molecule has 1 aromatic rings. The molecule has 1 aromatic carbocycles. The average Bonchev–Trinajstić information content (AvgIpc) is 2.47. The van der Waals surface area contributed by atoms with E-state index < -0.39 is 0 Å². The molecule has 0 aliphatic carbocycles. The molecule has 1 saturated heterocycles. The van der Waals surface area contributed by atoms with Crippen LogP contribution >= 0.6 is 0 Å². The lowest BCUT2D eigenvalue weighted by Crippen LogP contribution is -2.58. The van der Waals surface area contributed by atoms with Gasteiger partial charge >= 0.3 is 0 Å². The number of hydrazine groups is 1. The lowest BCUT2D eigenvalue weighted by molar-refractivity contribution is -0.110. The van der Waals surface area contributed by atoms with E-state index in [1.165, 1.54) is 6.07 Å². The fraction of sp³-hybridized carbons (Fsp3) is 0.600. The van der Waals surface area contributed by atoms with Gasteiger partial charge in [0.05, 0.1) is 11.6 Å². The predicted molar refractivity (Wildman–Crippen MR) is 75.7 cm³/mol. The Balaban J connectivity index is 2.18. The van der Waals surface area contributed by atoms with Crippen molar-refractivity contribution in [1.29, 1.82) is 0 Å². The van der Waals surface area contributed by atoms with Crippen LogP contribution in [0.5, 0.6) is 0 Å². The van der Waals surface area contributed by atoms with E-state index in [-0.39, 0.29) is 17.5 Å². The number of aryl methyl sites for hydroxylation is 1. The van der Waals surface area contributed by atoms with Crippen molar-refractivity contribution in [3.05, 3.63) is 35.1 Å². The lowest BCUT2D eigenvalue weighted by atomic mass is 9.82. The minimum absolute atomic E-state index is 0.0273. The third-order valence-corrected chi connectivity index (χ3v) is 4.31. The maximum Gasteiger partial charge on any atom is 0.123 e. The Morgan fingerprint density at radius 2 is 2.15 bits per heavy atom. The molecule has 2 rings (SSSR count). The van der Waals surface area contributed by atoms with Gasteiger partial charge in [-0.3, -0.25) is 11.3 Å². The van der Waals surface area contributed by atoms with Crippen LogP contribution in [0.2, 0.25) is 0 Å². The Bertz CT molecular complexity index is 447. The van der Waals surface area contributed by atoms with E-state index in [9.17, 15) is 4.39 Å². The van der Waals surface area contributed by atoms with Gasteiger partial charge in [0.2, 0.25) is 0 Å². The number of halogens is 1. The monoisotopic (exact) mass is 282 g/mol. The Hall–Kier alpha value is -1.01. The summed E-state index contributed by atoms with van der Waals surface area (Å²) in [5, 5.41) is 0. The van der Waals surface area contributed by atoms with Gasteiger partial charge < -0.3 is 9.47 Å². The van der Waals surface area contributed by atoms with Crippen LogP contribution in [0.4, 0.5) is 4.39 Å². The average molecular weight is 282 g/mol. The van der Waals surface area contributed by atoms with Gasteiger partial charge in [-0.1, -0.05) is 6.07 Å². The quantitative estimate of drug-likeness (QED) is 0.637. The Morgan fingerprint density at radius 1 is 1.45 bits per heavy atom. The molecule has 3 N–H and O–H groups in total. The summed E-state index contributed by atoms with van der Waals surface area (Å²) in [6.45, 7) is 3.26. The van der Waals surface area contributed by atoms with Gasteiger partial charge in [0.15, 0.2) is 0 Å². The lowest BCUT2D eigenvalue weighted by Gasteiger charge is -2.42. The van der Waals surface area contributed by atoms with E-state index >= 15 is 0 Å². The molecule has 0 bridgehead atoms. The van der Waals surface area contributed by atoms with E-state index in [0.29, 0.717) is 19.6 Å². The van der Waals surface area contributed by atoms with Crippen molar-refractivity contribution < 1.29 is 13.9 Å². The highest BCUT2D eigenvalue weighted by molar-refractivity contribution is 5.28. The predicted octanol–water partition coefficient (Wildman–Crippen LogP) is 1.70. The Morgan fingerprint density at radius 3 is 2.70 bits per heavy atom. The number of benzene rings is 1. The zero-order chi connectivity index (χ0) is 14.6. The van der Waals surface area contributed by atoms with E-state index in [4.69, 9.17) is 15.3 Å². The third-order valence-electron chi connectivity index (χ3n) is 4.31. The standard InChI is InChI=1S/C15H23FN2O2/c1-11-9-13(16)4-3-12(11)10-14(18-17)15(19-2)5-7-20-8-6-15/h3-4,9,14,18H,5-8,10,17H2,1-2H3. The van der Waals surface area contributed by atoms with Gasteiger partial charge in [0.1, 0.15) is 5.82 Å². The summed E-state index contributed by atoms with van der Waals surface area (Å²) >= 11 is 0. The number of hydrogen-bond acceptors (Lipinski definition) is 4. The molecule has 112 valence electrons. The minimum atomic E-state index is -0.326. The molecular weight excluding hydrogens is 259 g/mol. The van der Waals surface area contributed by atoms with Gasteiger partial charge in [0, 0.05) is 33.2 Å². The Labute approximate surface area is 119 Å². The van der Waals surface area contributed by atoms with Crippen LogP contribution in [0, 0.1) is 12.7 Å². The number of hydrogen-bond donors (Lipinski definition) is 2. The Kier molecular flexibility index (Phi) is 5.10. The van der Waals surface area contributed by atoms with Crippen molar-refractivity contribution >= 4 is 0 Å². The molecule has 1 aliphatic rings. The second-order valence-corrected chi connectivity index (χ2v) is 5.38. The SMILES string of the molecule is COC1(C(Cc2ccc(F)cc2C)NN)CCOCC1. The number of ether oxygens (including phenoxy) is 2. The molecular formula is C15H23FN2O2. The first-order valence-electron chi connectivity index (χ1n) is 6.95. The van der Waals surface area contributed by atoms with Crippen molar-refractivity contribution in [1.82, 2.24) is 5.43 Å². The second-order valence-electron chi connectivity index (χ2n) is 5.38. The van der Waals surface area contributed by atoms with Crippen molar-refractivity contribution in [3.63, 3.8) is 0 Å². The molecule has 5 heteroatoms. The van der Waals surface area contributed by atoms with Gasteiger partial charge in [-0.2, -0.15) is 0 Å². The van der Waals surface area contributed by atoms with E-state index in [0.717, 1.165) is 24.0 Å². The van der Waals surface area contributed by atoms with Crippen molar-refractivity contribution in [2.75, 3.05) is 20.3 Å². The summed E-state index contributed by atoms with van der Waals surface area (Å²) in [4.78, 5) is 0. The van der Waals surface area contributed by atoms with Crippen LogP contribution < -0.4 is 11.3 Å². The van der Waals surface area contributed by atoms with E-state index in [1.807, 2.05) is 13.0 Å². The molecule has 0 radical (unpaired) electrons. The first kappa shape index (κ1) is 15.4. The molecule has 1 fully saturated rings. The summed E-state index contributed by atoms with van der Waals surface area (Å²) in [6, 6.07) is 4.82. The number of nitrogens with one attached hydrogen (secondary N) is 1. The number of nitrogens with two attached hydrogens (primary N) is 1. The molecule has 20 heavy (non-hydrogen) atoms. The van der Waals surface area contributed by atoms with Crippen molar-refractivity contribution in [2.45, 2.75) is 37.8 Å². The van der Waals surface area contributed by atoms with Crippen LogP contribution in [-0.4, -0.2) is 32.0 Å². The molecule has 1 unspecified atom stereocenters. The topological polar surface area (TPSA) is 56.5 Å². The summed E-state index contributed by atoms with van der Waals surface area (Å²) in [5.41, 5.74) is 4.57. The van der Waals surface area contributed by atoms with E-state index in [1.54, 1.807) is 13.2 Å². The first-order valence-corrected chi connectivity index (χ1v) is 6.95.